The summed E-state index contributed by atoms with van der Waals surface area (Å²) >= 11 is 0. The number of para-hydroxylation sites is 4. The fourth-order valence-corrected chi connectivity index (χ4v) is 13.5. The summed E-state index contributed by atoms with van der Waals surface area (Å²) in [5.74, 6) is 0. The molecule has 0 spiro atoms. The highest BCUT2D eigenvalue weighted by Gasteiger charge is 2.30. The van der Waals surface area contributed by atoms with E-state index in [4.69, 9.17) is 0 Å². The average molecular weight is 1140 g/mol. The van der Waals surface area contributed by atoms with Gasteiger partial charge in [-0.1, -0.05) is 218 Å². The number of fused-ring (bicyclic) bond motifs is 4. The smallest absolute Gasteiger partial charge is 0.0620 e. The van der Waals surface area contributed by atoms with Gasteiger partial charge in [0.15, 0.2) is 0 Å². The third kappa shape index (κ3) is 9.68. The SMILES string of the molecule is Cc1cccc(N(c2ccccc2C)c2c3ccccc3c(N(c3cccc(C)c3)c3cc(-c4ccc(C)c(N(c5ccccc5C)c5c6ccccc6c(N(c6ccccc6C)c6ccccc6C)c6ccccc56)c4)ccc3C)c3ccccc23)c1. The van der Waals surface area contributed by atoms with Crippen molar-refractivity contribution >= 4 is 111 Å². The number of rotatable bonds is 13. The fraction of sp³-hybridized carbons (Fsp3) is 0.0952. The summed E-state index contributed by atoms with van der Waals surface area (Å²) in [5.41, 5.74) is 25.4. The zero-order chi connectivity index (χ0) is 60.2. The molecule has 0 aromatic heterocycles. The Morgan fingerprint density at radius 2 is 0.420 bits per heavy atom. The minimum atomic E-state index is 1.10. The molecule has 0 bridgehead atoms. The zero-order valence-electron chi connectivity index (χ0n) is 51.3. The van der Waals surface area contributed by atoms with E-state index in [2.05, 4.69) is 354 Å². The largest absolute Gasteiger partial charge is 0.309 e. The summed E-state index contributed by atoms with van der Waals surface area (Å²) in [6.07, 6.45) is 0. The maximum atomic E-state index is 2.56. The van der Waals surface area contributed by atoms with Gasteiger partial charge in [-0.25, -0.2) is 0 Å². The molecule has 14 aromatic rings. The molecule has 0 unspecified atom stereocenters. The lowest BCUT2D eigenvalue weighted by Gasteiger charge is -2.35. The van der Waals surface area contributed by atoms with Crippen molar-refractivity contribution < 1.29 is 0 Å². The van der Waals surface area contributed by atoms with Gasteiger partial charge in [0.1, 0.15) is 0 Å². The van der Waals surface area contributed by atoms with Crippen molar-refractivity contribution in [2.75, 3.05) is 19.6 Å². The van der Waals surface area contributed by atoms with Crippen LogP contribution >= 0.6 is 0 Å². The Morgan fingerprint density at radius 3 is 0.727 bits per heavy atom. The van der Waals surface area contributed by atoms with Gasteiger partial charge >= 0.3 is 0 Å². The van der Waals surface area contributed by atoms with E-state index < -0.39 is 0 Å². The molecule has 0 saturated heterocycles. The maximum Gasteiger partial charge on any atom is 0.0620 e. The first-order chi connectivity index (χ1) is 43.0. The molecule has 4 heteroatoms. The van der Waals surface area contributed by atoms with Gasteiger partial charge in [-0.2, -0.15) is 0 Å². The lowest BCUT2D eigenvalue weighted by atomic mass is 9.93. The molecule has 0 fully saturated rings. The van der Waals surface area contributed by atoms with Crippen molar-refractivity contribution in [3.05, 3.63) is 324 Å². The van der Waals surface area contributed by atoms with Crippen LogP contribution in [0.4, 0.5) is 68.2 Å². The number of hydrogen-bond acceptors (Lipinski definition) is 4. The molecule has 0 aliphatic carbocycles. The van der Waals surface area contributed by atoms with E-state index in [1.54, 1.807) is 0 Å². The predicted molar refractivity (Wildman–Crippen MR) is 379 cm³/mol. The molecule has 0 aliphatic rings. The Morgan fingerprint density at radius 1 is 0.182 bits per heavy atom. The van der Waals surface area contributed by atoms with Crippen LogP contribution in [0, 0.1) is 55.4 Å². The van der Waals surface area contributed by atoms with Crippen LogP contribution in [0.2, 0.25) is 0 Å². The van der Waals surface area contributed by atoms with E-state index in [-0.39, 0.29) is 0 Å². The first-order valence-corrected chi connectivity index (χ1v) is 30.7. The second kappa shape index (κ2) is 23.0. The molecule has 0 amide bonds. The lowest BCUT2D eigenvalue weighted by molar-refractivity contribution is 1.23. The van der Waals surface area contributed by atoms with E-state index in [0.717, 1.165) is 112 Å². The van der Waals surface area contributed by atoms with Crippen LogP contribution in [0.1, 0.15) is 44.5 Å². The second-order valence-corrected chi connectivity index (χ2v) is 23.7. The van der Waals surface area contributed by atoms with Gasteiger partial charge in [-0.3, -0.25) is 0 Å². The van der Waals surface area contributed by atoms with E-state index in [1.165, 1.54) is 55.3 Å². The van der Waals surface area contributed by atoms with Crippen molar-refractivity contribution in [3.8, 4) is 11.1 Å². The molecule has 0 atom stereocenters. The van der Waals surface area contributed by atoms with Gasteiger partial charge in [0.25, 0.3) is 0 Å². The summed E-state index contributed by atoms with van der Waals surface area (Å²) < 4.78 is 0. The molecule has 0 saturated carbocycles. The van der Waals surface area contributed by atoms with E-state index in [0.29, 0.717) is 0 Å². The Hall–Kier alpha value is -10.7. The van der Waals surface area contributed by atoms with Gasteiger partial charge in [0, 0.05) is 88.6 Å². The van der Waals surface area contributed by atoms with Crippen LogP contribution in [0.5, 0.6) is 0 Å². The third-order valence-corrected chi connectivity index (χ3v) is 17.8. The molecule has 88 heavy (non-hydrogen) atoms. The molecular weight excluding hydrogens is 1060 g/mol. The maximum absolute atomic E-state index is 2.56. The molecule has 0 aliphatic heterocycles. The van der Waals surface area contributed by atoms with Crippen molar-refractivity contribution in [2.24, 2.45) is 0 Å². The summed E-state index contributed by atoms with van der Waals surface area (Å²) in [7, 11) is 0. The van der Waals surface area contributed by atoms with E-state index in [1.807, 2.05) is 0 Å². The van der Waals surface area contributed by atoms with Crippen LogP contribution in [0.15, 0.2) is 279 Å². The number of anilines is 12. The van der Waals surface area contributed by atoms with Crippen LogP contribution in [-0.2, 0) is 0 Å². The number of aryl methyl sites for hydroxylation is 8. The number of nitrogens with zero attached hydrogens (tertiary/aromatic N) is 4. The molecule has 0 heterocycles. The minimum Gasteiger partial charge on any atom is -0.309 e. The highest BCUT2D eigenvalue weighted by Crippen LogP contribution is 2.55. The third-order valence-electron chi connectivity index (χ3n) is 17.8. The van der Waals surface area contributed by atoms with Gasteiger partial charge in [-0.15, -0.1) is 0 Å². The quantitative estimate of drug-likeness (QED) is 0.0842. The van der Waals surface area contributed by atoms with Gasteiger partial charge in [0.2, 0.25) is 0 Å². The van der Waals surface area contributed by atoms with E-state index >= 15 is 0 Å². The van der Waals surface area contributed by atoms with Gasteiger partial charge in [-0.05, 0) is 172 Å². The van der Waals surface area contributed by atoms with Gasteiger partial charge in [0.05, 0.1) is 22.7 Å². The number of benzene rings is 14. The Balaban J connectivity index is 0.995. The molecule has 14 rings (SSSR count). The van der Waals surface area contributed by atoms with Crippen molar-refractivity contribution in [3.63, 3.8) is 0 Å². The Bertz CT molecular complexity index is 4850. The van der Waals surface area contributed by atoms with E-state index in [9.17, 15) is 0 Å². The van der Waals surface area contributed by atoms with Crippen LogP contribution < -0.4 is 19.6 Å². The molecule has 0 radical (unpaired) electrons. The zero-order valence-corrected chi connectivity index (χ0v) is 51.3. The second-order valence-electron chi connectivity index (χ2n) is 23.7. The van der Waals surface area contributed by atoms with Crippen molar-refractivity contribution in [2.45, 2.75) is 55.4 Å². The minimum absolute atomic E-state index is 1.10. The number of hydrogen-bond donors (Lipinski definition) is 0. The molecule has 0 N–H and O–H groups in total. The predicted octanol–water partition coefficient (Wildman–Crippen LogP) is 24.3. The van der Waals surface area contributed by atoms with Crippen LogP contribution in [0.3, 0.4) is 0 Å². The molecule has 426 valence electrons. The normalized spacial score (nSPS) is 11.4. The standard InChI is InChI=1S/C84H70N4/c1-55-27-25-33-65(51-55)85(75-43-21-9-29-57(75)3)81-67-35-13-15-37-69(67)82(70-38-16-14-36-68(70)81)86(66-34-26-28-56(2)52-66)79-53-63(49-47-61(79)7)64-50-48-62(8)80(54-64)88(78-46-24-12-32-60(78)6)84-73-41-19-17-39-71(73)83(72-40-18-20-42-74(72)84)87(76-44-22-10-30-58(76)4)77-45-23-11-31-59(77)5/h9-54H,1-8H3. The first-order valence-electron chi connectivity index (χ1n) is 30.7. The Kier molecular flexibility index (Phi) is 14.4. The van der Waals surface area contributed by atoms with Crippen LogP contribution in [0.25, 0.3) is 54.2 Å². The summed E-state index contributed by atoms with van der Waals surface area (Å²) in [5, 5.41) is 9.30. The van der Waals surface area contributed by atoms with Crippen molar-refractivity contribution in [1.82, 2.24) is 0 Å². The summed E-state index contributed by atoms with van der Waals surface area (Å²) in [4.78, 5) is 10.1. The van der Waals surface area contributed by atoms with Crippen LogP contribution in [-0.4, -0.2) is 0 Å². The topological polar surface area (TPSA) is 13.0 Å². The molecular formula is C84H70N4. The summed E-state index contributed by atoms with van der Waals surface area (Å²) in [6, 6.07) is 103. The average Bonchev–Trinajstić information content (AvgIpc) is 1.21. The monoisotopic (exact) mass is 1130 g/mol. The highest BCUT2D eigenvalue weighted by molar-refractivity contribution is 6.25. The first kappa shape index (κ1) is 55.2. The highest BCUT2D eigenvalue weighted by atomic mass is 15.2. The summed E-state index contributed by atoms with van der Waals surface area (Å²) in [6.45, 7) is 17.8. The lowest BCUT2D eigenvalue weighted by Crippen LogP contribution is -2.17. The fourth-order valence-electron chi connectivity index (χ4n) is 13.5. The van der Waals surface area contributed by atoms with Crippen molar-refractivity contribution in [1.29, 1.82) is 0 Å². The molecule has 14 aromatic carbocycles. The Labute approximate surface area is 518 Å². The van der Waals surface area contributed by atoms with Gasteiger partial charge < -0.3 is 19.6 Å². The molecule has 4 nitrogen and oxygen atoms in total.